The molecule has 1 aromatic carbocycles. The molecule has 5 heteroatoms. The minimum atomic E-state index is -1.91. The Balaban J connectivity index is 3.40. The zero-order valence-corrected chi connectivity index (χ0v) is 7.52. The molecule has 0 saturated carbocycles. The Morgan fingerprint density at radius 2 is 1.79 bits per heavy atom. The van der Waals surface area contributed by atoms with Crippen LogP contribution >= 0.6 is 0 Å². The third-order valence-corrected chi connectivity index (χ3v) is 1.98. The number of hydrogen-bond donors (Lipinski definition) is 2. The first-order valence-corrected chi connectivity index (χ1v) is 3.96. The molecule has 14 heavy (non-hydrogen) atoms. The molecule has 3 N–H and O–H groups in total. The molecule has 0 fully saturated rings. The van der Waals surface area contributed by atoms with E-state index in [9.17, 15) is 18.3 Å². The van der Waals surface area contributed by atoms with E-state index in [1.54, 1.807) is 0 Å². The van der Waals surface area contributed by atoms with E-state index in [1.165, 1.54) is 0 Å². The SMILES string of the molecule is CC(O)(CN)c1c(F)ccc(F)c1F. The molecule has 0 aliphatic heterocycles. The molecular weight excluding hydrogens is 195 g/mol. The summed E-state index contributed by atoms with van der Waals surface area (Å²) in [5.41, 5.74) is 2.48. The van der Waals surface area contributed by atoms with Gasteiger partial charge in [-0.1, -0.05) is 0 Å². The van der Waals surface area contributed by atoms with E-state index in [2.05, 4.69) is 0 Å². The van der Waals surface area contributed by atoms with Crippen molar-refractivity contribution < 1.29 is 18.3 Å². The van der Waals surface area contributed by atoms with Gasteiger partial charge in [0.15, 0.2) is 11.6 Å². The lowest BCUT2D eigenvalue weighted by molar-refractivity contribution is 0.0579. The second-order valence-electron chi connectivity index (χ2n) is 3.20. The van der Waals surface area contributed by atoms with Gasteiger partial charge in [0, 0.05) is 6.54 Å². The topological polar surface area (TPSA) is 46.2 Å². The maximum Gasteiger partial charge on any atom is 0.167 e. The maximum absolute atomic E-state index is 13.1. The van der Waals surface area contributed by atoms with Crippen LogP contribution in [0.1, 0.15) is 12.5 Å². The van der Waals surface area contributed by atoms with Crippen molar-refractivity contribution in [2.24, 2.45) is 5.73 Å². The Labute approximate surface area is 79.2 Å². The van der Waals surface area contributed by atoms with Crippen LogP contribution in [0.25, 0.3) is 0 Å². The first-order valence-electron chi connectivity index (χ1n) is 3.96. The van der Waals surface area contributed by atoms with Crippen LogP contribution < -0.4 is 5.73 Å². The van der Waals surface area contributed by atoms with E-state index in [0.717, 1.165) is 13.0 Å². The second kappa shape index (κ2) is 3.59. The highest BCUT2D eigenvalue weighted by Gasteiger charge is 2.30. The summed E-state index contributed by atoms with van der Waals surface area (Å²) < 4.78 is 38.9. The molecule has 1 rings (SSSR count). The summed E-state index contributed by atoms with van der Waals surface area (Å²) >= 11 is 0. The lowest BCUT2D eigenvalue weighted by atomic mass is 9.95. The van der Waals surface area contributed by atoms with Crippen LogP contribution in [0.4, 0.5) is 13.2 Å². The summed E-state index contributed by atoms with van der Waals surface area (Å²) in [5, 5.41) is 9.51. The van der Waals surface area contributed by atoms with Crippen LogP contribution in [0.3, 0.4) is 0 Å². The average Bonchev–Trinajstić information content (AvgIpc) is 2.12. The van der Waals surface area contributed by atoms with Crippen molar-refractivity contribution in [3.8, 4) is 0 Å². The van der Waals surface area contributed by atoms with Gasteiger partial charge >= 0.3 is 0 Å². The minimum absolute atomic E-state index is 0.399. The van der Waals surface area contributed by atoms with Gasteiger partial charge in [0.05, 0.1) is 5.56 Å². The molecule has 0 aliphatic rings. The lowest BCUT2D eigenvalue weighted by Gasteiger charge is -2.22. The van der Waals surface area contributed by atoms with Crippen molar-refractivity contribution in [1.29, 1.82) is 0 Å². The second-order valence-corrected chi connectivity index (χ2v) is 3.20. The fourth-order valence-electron chi connectivity index (χ4n) is 1.12. The van der Waals surface area contributed by atoms with Gasteiger partial charge in [0.2, 0.25) is 0 Å². The molecule has 0 bridgehead atoms. The molecule has 0 aromatic heterocycles. The molecule has 1 atom stereocenters. The molecule has 0 saturated heterocycles. The minimum Gasteiger partial charge on any atom is -0.384 e. The van der Waals surface area contributed by atoms with Gasteiger partial charge in [-0.3, -0.25) is 0 Å². The molecule has 0 amide bonds. The van der Waals surface area contributed by atoms with Gasteiger partial charge in [-0.15, -0.1) is 0 Å². The van der Waals surface area contributed by atoms with E-state index in [-0.39, 0.29) is 0 Å². The quantitative estimate of drug-likeness (QED) is 0.714. The van der Waals surface area contributed by atoms with Crippen LogP contribution in [0, 0.1) is 17.5 Å². The molecule has 0 aliphatic carbocycles. The van der Waals surface area contributed by atoms with Crippen LogP contribution in [-0.2, 0) is 5.60 Å². The maximum atomic E-state index is 13.1. The summed E-state index contributed by atoms with van der Waals surface area (Å²) in [6, 6.07) is 1.40. The predicted molar refractivity (Wildman–Crippen MR) is 44.9 cm³/mol. The lowest BCUT2D eigenvalue weighted by Crippen LogP contribution is -2.33. The number of rotatable bonds is 2. The molecule has 78 valence electrons. The van der Waals surface area contributed by atoms with Crippen LogP contribution in [0.5, 0.6) is 0 Å². The number of aliphatic hydroxyl groups is 1. The average molecular weight is 205 g/mol. The van der Waals surface area contributed by atoms with E-state index >= 15 is 0 Å². The number of hydrogen-bond acceptors (Lipinski definition) is 2. The Hall–Kier alpha value is -1.07. The highest BCUT2D eigenvalue weighted by molar-refractivity contribution is 5.27. The zero-order chi connectivity index (χ0) is 10.9. The Morgan fingerprint density at radius 3 is 2.29 bits per heavy atom. The van der Waals surface area contributed by atoms with Crippen molar-refractivity contribution in [2.45, 2.75) is 12.5 Å². The molecular formula is C9H10F3NO. The normalized spacial score (nSPS) is 15.3. The van der Waals surface area contributed by atoms with Gasteiger partial charge in [-0.2, -0.15) is 0 Å². The fourth-order valence-corrected chi connectivity index (χ4v) is 1.12. The summed E-state index contributed by atoms with van der Waals surface area (Å²) in [5.74, 6) is -3.63. The fraction of sp³-hybridized carbons (Fsp3) is 0.333. The largest absolute Gasteiger partial charge is 0.384 e. The van der Waals surface area contributed by atoms with Crippen molar-refractivity contribution in [3.63, 3.8) is 0 Å². The van der Waals surface area contributed by atoms with Gasteiger partial charge in [-0.25, -0.2) is 13.2 Å². The Bertz CT molecular complexity index is 352. The molecule has 2 nitrogen and oxygen atoms in total. The van der Waals surface area contributed by atoms with Crippen LogP contribution in [0.2, 0.25) is 0 Å². The van der Waals surface area contributed by atoms with E-state index in [0.29, 0.717) is 6.07 Å². The number of nitrogens with two attached hydrogens (primary N) is 1. The first-order chi connectivity index (χ1) is 6.40. The Kier molecular flexibility index (Phi) is 2.82. The monoisotopic (exact) mass is 205 g/mol. The third-order valence-electron chi connectivity index (χ3n) is 1.98. The molecule has 0 spiro atoms. The standard InChI is InChI=1S/C9H10F3NO/c1-9(14,4-13)7-5(10)2-3-6(11)8(7)12/h2-3,14H,4,13H2,1H3. The summed E-state index contributed by atoms with van der Waals surface area (Å²) in [6.07, 6.45) is 0. The van der Waals surface area contributed by atoms with Crippen molar-refractivity contribution in [1.82, 2.24) is 0 Å². The van der Waals surface area contributed by atoms with Crippen LogP contribution in [0.15, 0.2) is 12.1 Å². The van der Waals surface area contributed by atoms with E-state index in [1.807, 2.05) is 0 Å². The predicted octanol–water partition coefficient (Wildman–Crippen LogP) is 1.27. The first kappa shape index (κ1) is 11.0. The van der Waals surface area contributed by atoms with Gasteiger partial charge < -0.3 is 10.8 Å². The summed E-state index contributed by atoms with van der Waals surface area (Å²) in [7, 11) is 0. The molecule has 1 aromatic rings. The van der Waals surface area contributed by atoms with Gasteiger partial charge in [-0.05, 0) is 19.1 Å². The van der Waals surface area contributed by atoms with Gasteiger partial charge in [0.25, 0.3) is 0 Å². The summed E-state index contributed by atoms with van der Waals surface area (Å²) in [6.45, 7) is 0.720. The summed E-state index contributed by atoms with van der Waals surface area (Å²) in [4.78, 5) is 0. The number of halogens is 3. The van der Waals surface area contributed by atoms with Crippen LogP contribution in [-0.4, -0.2) is 11.7 Å². The highest BCUT2D eigenvalue weighted by Crippen LogP contribution is 2.26. The van der Waals surface area contributed by atoms with Crippen molar-refractivity contribution in [2.75, 3.05) is 6.54 Å². The Morgan fingerprint density at radius 1 is 1.29 bits per heavy atom. The molecule has 0 radical (unpaired) electrons. The van der Waals surface area contributed by atoms with Gasteiger partial charge in [0.1, 0.15) is 11.4 Å². The van der Waals surface area contributed by atoms with E-state index in [4.69, 9.17) is 5.73 Å². The molecule has 0 heterocycles. The van der Waals surface area contributed by atoms with Crippen molar-refractivity contribution in [3.05, 3.63) is 35.1 Å². The zero-order valence-electron chi connectivity index (χ0n) is 7.52. The third kappa shape index (κ3) is 1.73. The van der Waals surface area contributed by atoms with E-state index < -0.39 is 35.2 Å². The number of benzene rings is 1. The van der Waals surface area contributed by atoms with Crippen molar-refractivity contribution >= 4 is 0 Å². The smallest absolute Gasteiger partial charge is 0.167 e. The highest BCUT2D eigenvalue weighted by atomic mass is 19.2. The molecule has 1 unspecified atom stereocenters.